The average Bonchev–Trinajstić information content (AvgIpc) is 0.811. The first-order chi connectivity index (χ1) is 1.73. The standard InChI is InChI=1S/Fe.NO3.6H2O/c;2-1(3)4;;;;;;/h;;6*1H2/q+3;-1;;;;;;. The monoisotopic (exact) mass is 226 g/mol. The summed E-state index contributed by atoms with van der Waals surface area (Å²) in [7, 11) is 0. The molecule has 0 aliphatic rings. The first-order valence-electron chi connectivity index (χ1n) is 0.548. The molecule has 0 bridgehead atoms. The second-order valence-corrected chi connectivity index (χ2v) is 0.224. The Hall–Kier alpha value is -0.521. The van der Waals surface area contributed by atoms with Crippen LogP contribution >= 0.6 is 0 Å². The van der Waals surface area contributed by atoms with Crippen molar-refractivity contribution in [3.63, 3.8) is 0 Å². The Labute approximate surface area is 71.3 Å². The molecule has 1 radical (unpaired) electrons. The molecule has 0 fully saturated rings. The van der Waals surface area contributed by atoms with Crippen molar-refractivity contribution in [2.75, 3.05) is 0 Å². The summed E-state index contributed by atoms with van der Waals surface area (Å²) in [5.74, 6) is 0. The van der Waals surface area contributed by atoms with E-state index in [9.17, 15) is 0 Å². The van der Waals surface area contributed by atoms with Crippen molar-refractivity contribution < 1.29 is 55.0 Å². The van der Waals surface area contributed by atoms with Crippen LogP contribution in [0.15, 0.2) is 0 Å². The molecule has 12 N–H and O–H groups in total. The van der Waals surface area contributed by atoms with Crippen LogP contribution < -0.4 is 0 Å². The van der Waals surface area contributed by atoms with Crippen LogP contribution in [0.2, 0.25) is 0 Å². The van der Waals surface area contributed by atoms with E-state index in [4.69, 9.17) is 15.3 Å². The van der Waals surface area contributed by atoms with Crippen LogP contribution in [0.1, 0.15) is 0 Å². The van der Waals surface area contributed by atoms with E-state index < -0.39 is 5.09 Å². The van der Waals surface area contributed by atoms with E-state index in [1.165, 1.54) is 0 Å². The molecule has 0 spiro atoms. The Morgan fingerprint density at radius 2 is 0.727 bits per heavy atom. The number of rotatable bonds is 0. The Bertz CT molecular complexity index is 32.5. The maximum Gasteiger partial charge on any atom is 3.00 e. The second kappa shape index (κ2) is 111. The predicted molar refractivity (Wildman–Crippen MR) is 32.0 cm³/mol. The van der Waals surface area contributed by atoms with Crippen molar-refractivity contribution >= 4 is 0 Å². The van der Waals surface area contributed by atoms with Gasteiger partial charge < -0.3 is 48.2 Å². The molecule has 0 saturated heterocycles. The van der Waals surface area contributed by atoms with Crippen LogP contribution in [0.5, 0.6) is 0 Å². The van der Waals surface area contributed by atoms with Gasteiger partial charge in [0.15, 0.2) is 0 Å². The molecule has 0 aliphatic carbocycles. The maximum atomic E-state index is 8.25. The molecule has 11 heteroatoms. The van der Waals surface area contributed by atoms with Crippen LogP contribution in [0.4, 0.5) is 0 Å². The van der Waals surface area contributed by atoms with Crippen molar-refractivity contribution in [2.24, 2.45) is 0 Å². The van der Waals surface area contributed by atoms with E-state index in [0.717, 1.165) is 0 Å². The summed E-state index contributed by atoms with van der Waals surface area (Å²) in [4.78, 5) is 8.25. The summed E-state index contributed by atoms with van der Waals surface area (Å²) in [6.45, 7) is 0. The van der Waals surface area contributed by atoms with Gasteiger partial charge in [-0.2, -0.15) is 0 Å². The average molecular weight is 226 g/mol. The molecule has 10 nitrogen and oxygen atoms in total. The van der Waals surface area contributed by atoms with Crippen LogP contribution in [-0.4, -0.2) is 37.9 Å². The van der Waals surface area contributed by atoms with E-state index in [2.05, 4.69) is 0 Å². The van der Waals surface area contributed by atoms with E-state index in [0.29, 0.717) is 0 Å². The van der Waals surface area contributed by atoms with Gasteiger partial charge in [-0.15, -0.1) is 0 Å². The molecular weight excluding hydrogens is 214 g/mol. The van der Waals surface area contributed by atoms with Gasteiger partial charge in [0, 0.05) is 0 Å². The van der Waals surface area contributed by atoms with Gasteiger partial charge in [0.25, 0.3) is 0 Å². The smallest absolute Gasteiger partial charge is 0.412 e. The molecule has 0 aliphatic heterocycles. The molecule has 0 amide bonds. The first-order valence-corrected chi connectivity index (χ1v) is 0.548. The van der Waals surface area contributed by atoms with Gasteiger partial charge in [0.05, 0.1) is 5.09 Å². The van der Waals surface area contributed by atoms with Crippen molar-refractivity contribution in [1.29, 1.82) is 0 Å². The van der Waals surface area contributed by atoms with E-state index in [-0.39, 0.29) is 49.9 Å². The number of nitrogens with zero attached hydrogens (tertiary/aromatic N) is 1. The Morgan fingerprint density at radius 1 is 0.727 bits per heavy atom. The molecule has 11 heavy (non-hydrogen) atoms. The van der Waals surface area contributed by atoms with E-state index in [1.807, 2.05) is 0 Å². The summed E-state index contributed by atoms with van der Waals surface area (Å²) in [6.07, 6.45) is 0. The Balaban J connectivity index is -0.00000000214. The minimum atomic E-state index is -1.75. The van der Waals surface area contributed by atoms with Crippen molar-refractivity contribution in [3.05, 3.63) is 15.3 Å². The minimum absolute atomic E-state index is 0. The summed E-state index contributed by atoms with van der Waals surface area (Å²) < 4.78 is 0. The summed E-state index contributed by atoms with van der Waals surface area (Å²) in [5, 5.41) is 14.8. The zero-order valence-electron chi connectivity index (χ0n) is 5.03. The first kappa shape index (κ1) is 153. The van der Waals surface area contributed by atoms with Crippen LogP contribution in [-0.2, 0) is 17.1 Å². The topological polar surface area (TPSA) is 255 Å². The fourth-order valence-electron chi connectivity index (χ4n) is 0. The maximum absolute atomic E-state index is 8.25. The van der Waals surface area contributed by atoms with Gasteiger partial charge in [-0.3, -0.25) is 0 Å². The fourth-order valence-corrected chi connectivity index (χ4v) is 0. The van der Waals surface area contributed by atoms with Gasteiger partial charge in [0.2, 0.25) is 0 Å². The van der Waals surface area contributed by atoms with Gasteiger partial charge in [0.1, 0.15) is 0 Å². The van der Waals surface area contributed by atoms with Crippen LogP contribution in [0.25, 0.3) is 0 Å². The largest absolute Gasteiger partial charge is 3.00 e. The third-order valence-electron chi connectivity index (χ3n) is 0. The quantitative estimate of drug-likeness (QED) is 0.223. The molecular formula is H12FeNO9+2. The van der Waals surface area contributed by atoms with Crippen molar-refractivity contribution in [2.45, 2.75) is 0 Å². The predicted octanol–water partition coefficient (Wildman–Crippen LogP) is -5.19. The van der Waals surface area contributed by atoms with E-state index in [1.54, 1.807) is 0 Å². The molecule has 0 aromatic heterocycles. The minimum Gasteiger partial charge on any atom is -0.412 e. The van der Waals surface area contributed by atoms with Gasteiger partial charge in [-0.05, 0) is 0 Å². The number of hydrogen-bond donors (Lipinski definition) is 0. The fraction of sp³-hybridized carbons (Fsp3) is 0. The molecule has 0 aromatic rings. The van der Waals surface area contributed by atoms with Gasteiger partial charge in [-0.1, -0.05) is 0 Å². The van der Waals surface area contributed by atoms with Gasteiger partial charge in [-0.25, -0.2) is 0 Å². The molecule has 0 heterocycles. The SMILES string of the molecule is O.O.O.O.O.O.O=[N+]([O-])[O-].[Fe+3]. The Morgan fingerprint density at radius 3 is 0.727 bits per heavy atom. The summed E-state index contributed by atoms with van der Waals surface area (Å²) in [6, 6.07) is 0. The molecule has 0 rings (SSSR count). The van der Waals surface area contributed by atoms with Crippen LogP contribution in [0.3, 0.4) is 0 Å². The third-order valence-corrected chi connectivity index (χ3v) is 0. The third kappa shape index (κ3) is 1960. The number of hydrogen-bond acceptors (Lipinski definition) is 3. The molecule has 0 aromatic carbocycles. The second-order valence-electron chi connectivity index (χ2n) is 0.224. The molecule has 77 valence electrons. The van der Waals surface area contributed by atoms with Crippen molar-refractivity contribution in [1.82, 2.24) is 0 Å². The van der Waals surface area contributed by atoms with E-state index >= 15 is 0 Å². The van der Waals surface area contributed by atoms with Gasteiger partial charge >= 0.3 is 17.1 Å². The Kier molecular flexibility index (Phi) is 1540. The zero-order chi connectivity index (χ0) is 3.58. The van der Waals surface area contributed by atoms with Crippen LogP contribution in [0, 0.1) is 15.3 Å². The zero-order valence-corrected chi connectivity index (χ0v) is 6.13. The normalized spacial score (nSPS) is 2.18. The molecule has 0 unspecified atom stereocenters. The van der Waals surface area contributed by atoms with Crippen molar-refractivity contribution in [3.8, 4) is 0 Å². The molecule has 0 atom stereocenters. The summed E-state index contributed by atoms with van der Waals surface area (Å²) in [5.41, 5.74) is 0. The summed E-state index contributed by atoms with van der Waals surface area (Å²) >= 11 is 0. The molecule has 0 saturated carbocycles.